The molecule has 16 heavy (non-hydrogen) atoms. The number of piperidine rings is 1. The second-order valence-corrected chi connectivity index (χ2v) is 5.88. The van der Waals surface area contributed by atoms with Crippen molar-refractivity contribution in [3.05, 3.63) is 0 Å². The number of carbonyl (C=O) groups excluding carboxylic acids is 1. The summed E-state index contributed by atoms with van der Waals surface area (Å²) in [6.07, 6.45) is 6.28. The van der Waals surface area contributed by atoms with Gasteiger partial charge in [0.25, 0.3) is 0 Å². The first-order chi connectivity index (χ1) is 7.72. The number of amides is 1. The molecule has 2 atom stereocenters. The maximum Gasteiger partial charge on any atom is 0.220 e. The van der Waals surface area contributed by atoms with Crippen molar-refractivity contribution in [1.29, 1.82) is 0 Å². The number of thioether (sulfide) groups is 1. The average molecular weight is 244 g/mol. The van der Waals surface area contributed by atoms with E-state index in [9.17, 15) is 4.79 Å². The number of hydrogen-bond acceptors (Lipinski definition) is 3. The Balaban J connectivity index is 2.05. The lowest BCUT2D eigenvalue weighted by molar-refractivity contribution is -0.122. The molecule has 2 unspecified atom stereocenters. The highest BCUT2D eigenvalue weighted by Gasteiger charge is 2.16. The Morgan fingerprint density at radius 1 is 1.62 bits per heavy atom. The Morgan fingerprint density at radius 2 is 2.44 bits per heavy atom. The van der Waals surface area contributed by atoms with Crippen molar-refractivity contribution in [1.82, 2.24) is 10.6 Å². The van der Waals surface area contributed by atoms with E-state index in [-0.39, 0.29) is 5.91 Å². The summed E-state index contributed by atoms with van der Waals surface area (Å²) in [5, 5.41) is 6.99. The third-order valence-corrected chi connectivity index (χ3v) is 4.19. The molecule has 0 radical (unpaired) electrons. The first-order valence-electron chi connectivity index (χ1n) is 6.22. The Kier molecular flexibility index (Phi) is 6.88. The van der Waals surface area contributed by atoms with E-state index in [1.165, 1.54) is 12.8 Å². The average Bonchev–Trinajstić information content (AvgIpc) is 2.30. The fraction of sp³-hybridized carbons (Fsp3) is 0.917. The second kappa shape index (κ2) is 7.96. The van der Waals surface area contributed by atoms with E-state index in [2.05, 4.69) is 23.8 Å². The largest absolute Gasteiger partial charge is 0.356 e. The molecule has 0 spiro atoms. The van der Waals surface area contributed by atoms with Gasteiger partial charge in [0, 0.05) is 18.2 Å². The van der Waals surface area contributed by atoms with Gasteiger partial charge in [0.05, 0.1) is 0 Å². The quantitative estimate of drug-likeness (QED) is 0.746. The molecule has 0 bridgehead atoms. The van der Waals surface area contributed by atoms with Crippen molar-refractivity contribution < 1.29 is 4.79 Å². The van der Waals surface area contributed by atoms with Crippen LogP contribution in [-0.2, 0) is 4.79 Å². The maximum absolute atomic E-state index is 11.6. The Bertz CT molecular complexity index is 205. The third-order valence-electron chi connectivity index (χ3n) is 3.15. The Hall–Kier alpha value is -0.220. The van der Waals surface area contributed by atoms with Crippen LogP contribution < -0.4 is 10.6 Å². The molecule has 1 amide bonds. The minimum atomic E-state index is 0.224. The van der Waals surface area contributed by atoms with Crippen molar-refractivity contribution >= 4 is 17.7 Å². The van der Waals surface area contributed by atoms with Crippen LogP contribution in [0.2, 0.25) is 0 Å². The molecule has 0 aromatic rings. The Labute approximate surface area is 103 Å². The van der Waals surface area contributed by atoms with Gasteiger partial charge in [-0.3, -0.25) is 4.79 Å². The topological polar surface area (TPSA) is 41.1 Å². The van der Waals surface area contributed by atoms with Crippen molar-refractivity contribution in [3.63, 3.8) is 0 Å². The minimum Gasteiger partial charge on any atom is -0.356 e. The van der Waals surface area contributed by atoms with Gasteiger partial charge in [-0.1, -0.05) is 6.92 Å². The number of hydrogen-bond donors (Lipinski definition) is 2. The highest BCUT2D eigenvalue weighted by Crippen LogP contribution is 2.13. The van der Waals surface area contributed by atoms with Crippen LogP contribution in [0, 0.1) is 5.92 Å². The molecule has 4 heteroatoms. The monoisotopic (exact) mass is 244 g/mol. The highest BCUT2D eigenvalue weighted by molar-refractivity contribution is 7.99. The number of nitrogens with one attached hydrogen (secondary N) is 2. The van der Waals surface area contributed by atoms with Gasteiger partial charge in [-0.25, -0.2) is 0 Å². The van der Waals surface area contributed by atoms with E-state index in [0.717, 1.165) is 26.1 Å². The summed E-state index contributed by atoms with van der Waals surface area (Å²) in [6, 6.07) is 0. The molecule has 1 rings (SSSR count). The summed E-state index contributed by atoms with van der Waals surface area (Å²) in [4.78, 5) is 11.6. The molecule has 0 aliphatic carbocycles. The summed E-state index contributed by atoms with van der Waals surface area (Å²) < 4.78 is 0. The van der Waals surface area contributed by atoms with Crippen molar-refractivity contribution in [3.8, 4) is 0 Å². The van der Waals surface area contributed by atoms with E-state index in [4.69, 9.17) is 0 Å². The molecule has 2 N–H and O–H groups in total. The molecule has 1 heterocycles. The lowest BCUT2D eigenvalue weighted by Crippen LogP contribution is -2.34. The van der Waals surface area contributed by atoms with E-state index in [1.807, 2.05) is 11.8 Å². The van der Waals surface area contributed by atoms with Crippen molar-refractivity contribution in [2.45, 2.75) is 37.9 Å². The summed E-state index contributed by atoms with van der Waals surface area (Å²) >= 11 is 1.85. The smallest absolute Gasteiger partial charge is 0.220 e. The molecule has 0 saturated carbocycles. The van der Waals surface area contributed by atoms with Crippen LogP contribution in [0.1, 0.15) is 32.6 Å². The van der Waals surface area contributed by atoms with Crippen LogP contribution in [0.3, 0.4) is 0 Å². The zero-order valence-electron chi connectivity index (χ0n) is 10.4. The lowest BCUT2D eigenvalue weighted by atomic mass is 9.96. The van der Waals surface area contributed by atoms with Crippen LogP contribution in [0.4, 0.5) is 0 Å². The number of rotatable bonds is 6. The zero-order valence-corrected chi connectivity index (χ0v) is 11.2. The van der Waals surface area contributed by atoms with Crippen molar-refractivity contribution in [2.75, 3.05) is 25.9 Å². The SMILES string of the molecule is CSC(C)CCNC(=O)CC1CCCNC1. The fourth-order valence-electron chi connectivity index (χ4n) is 1.97. The normalized spacial score (nSPS) is 22.8. The van der Waals surface area contributed by atoms with Gasteiger partial charge in [0.15, 0.2) is 0 Å². The van der Waals surface area contributed by atoms with E-state index < -0.39 is 0 Å². The maximum atomic E-state index is 11.6. The molecule has 0 aromatic heterocycles. The third kappa shape index (κ3) is 5.75. The van der Waals surface area contributed by atoms with E-state index >= 15 is 0 Å². The van der Waals surface area contributed by atoms with Crippen LogP contribution in [-0.4, -0.2) is 37.0 Å². The predicted octanol–water partition coefficient (Wildman–Crippen LogP) is 1.63. The first-order valence-corrected chi connectivity index (χ1v) is 7.51. The Morgan fingerprint density at radius 3 is 3.06 bits per heavy atom. The van der Waals surface area contributed by atoms with Crippen LogP contribution in [0.15, 0.2) is 0 Å². The van der Waals surface area contributed by atoms with Gasteiger partial charge in [0.2, 0.25) is 5.91 Å². The molecule has 1 fully saturated rings. The summed E-state index contributed by atoms with van der Waals surface area (Å²) in [6.45, 7) is 5.14. The standard InChI is InChI=1S/C12H24N2OS/c1-10(16-2)5-7-14-12(15)8-11-4-3-6-13-9-11/h10-11,13H,3-9H2,1-2H3,(H,14,15). The predicted molar refractivity (Wildman–Crippen MR) is 70.8 cm³/mol. The van der Waals surface area contributed by atoms with Crippen LogP contribution >= 0.6 is 11.8 Å². The second-order valence-electron chi connectivity index (χ2n) is 4.60. The number of carbonyl (C=O) groups is 1. The van der Waals surface area contributed by atoms with Gasteiger partial charge in [-0.15, -0.1) is 0 Å². The van der Waals surface area contributed by atoms with Gasteiger partial charge in [-0.05, 0) is 44.5 Å². The minimum absolute atomic E-state index is 0.224. The first kappa shape index (κ1) is 13.8. The van der Waals surface area contributed by atoms with E-state index in [0.29, 0.717) is 17.6 Å². The molecular formula is C12H24N2OS. The molecular weight excluding hydrogens is 220 g/mol. The van der Waals surface area contributed by atoms with Crippen molar-refractivity contribution in [2.24, 2.45) is 5.92 Å². The molecule has 0 aromatic carbocycles. The highest BCUT2D eigenvalue weighted by atomic mass is 32.2. The molecule has 3 nitrogen and oxygen atoms in total. The molecule has 1 aliphatic heterocycles. The molecule has 94 valence electrons. The van der Waals surface area contributed by atoms with E-state index in [1.54, 1.807) is 0 Å². The lowest BCUT2D eigenvalue weighted by Gasteiger charge is -2.22. The summed E-state index contributed by atoms with van der Waals surface area (Å²) in [5.41, 5.74) is 0. The van der Waals surface area contributed by atoms with Gasteiger partial charge in [0.1, 0.15) is 0 Å². The molecule has 1 aliphatic rings. The van der Waals surface area contributed by atoms with Crippen LogP contribution in [0.25, 0.3) is 0 Å². The van der Waals surface area contributed by atoms with Crippen LogP contribution in [0.5, 0.6) is 0 Å². The van der Waals surface area contributed by atoms with Gasteiger partial charge in [-0.2, -0.15) is 11.8 Å². The van der Waals surface area contributed by atoms with Gasteiger partial charge >= 0.3 is 0 Å². The fourth-order valence-corrected chi connectivity index (χ4v) is 2.32. The summed E-state index contributed by atoms with van der Waals surface area (Å²) in [7, 11) is 0. The molecule has 1 saturated heterocycles. The van der Waals surface area contributed by atoms with Gasteiger partial charge < -0.3 is 10.6 Å². The summed E-state index contributed by atoms with van der Waals surface area (Å²) in [5.74, 6) is 0.772. The zero-order chi connectivity index (χ0) is 11.8.